The van der Waals surface area contributed by atoms with Crippen molar-refractivity contribution in [2.24, 2.45) is 0 Å². The van der Waals surface area contributed by atoms with Gasteiger partial charge in [0.25, 0.3) is 0 Å². The summed E-state index contributed by atoms with van der Waals surface area (Å²) >= 11 is 0. The van der Waals surface area contributed by atoms with Gasteiger partial charge < -0.3 is 9.47 Å². The molecule has 1 aromatic rings. The molecule has 0 aromatic heterocycles. The van der Waals surface area contributed by atoms with Gasteiger partial charge in [-0.2, -0.15) is 0 Å². The quantitative estimate of drug-likeness (QED) is 0.792. The average molecular weight is 265 g/mol. The maximum Gasteiger partial charge on any atom is 0.186 e. The minimum Gasteiger partial charge on any atom is -0.493 e. The second-order valence-electron chi connectivity index (χ2n) is 6.86. The molecule has 0 unspecified atom stereocenters. The second kappa shape index (κ2) is 4.95. The first kappa shape index (κ1) is 15.7. The highest BCUT2D eigenvalue weighted by atomic mass is 16.5. The van der Waals surface area contributed by atoms with E-state index in [4.69, 9.17) is 9.47 Å². The van der Waals surface area contributed by atoms with Crippen LogP contribution >= 0.6 is 0 Å². The summed E-state index contributed by atoms with van der Waals surface area (Å²) < 4.78 is 11.0. The van der Waals surface area contributed by atoms with Crippen LogP contribution in [0.1, 0.15) is 52.7 Å². The fraction of sp³-hybridized carbons (Fsp3) is 0.625. The van der Waals surface area contributed by atoms with Crippen molar-refractivity contribution in [1.82, 2.24) is 0 Å². The first-order valence-corrected chi connectivity index (χ1v) is 6.51. The molecule has 0 aliphatic rings. The molecule has 0 amide bonds. The normalized spacial score (nSPS) is 12.4. The fourth-order valence-corrected chi connectivity index (χ4v) is 2.28. The van der Waals surface area contributed by atoms with Crippen molar-refractivity contribution in [1.29, 1.82) is 0 Å². The summed E-state index contributed by atoms with van der Waals surface area (Å²) in [7, 11) is 3.20. The summed E-state index contributed by atoms with van der Waals surface area (Å²) in [6, 6.07) is 1.68. The summed E-state index contributed by atoms with van der Waals surface area (Å²) in [6.45, 7) is 12.2. The van der Waals surface area contributed by atoms with E-state index in [0.29, 0.717) is 17.1 Å². The zero-order valence-corrected chi connectivity index (χ0v) is 13.3. The smallest absolute Gasteiger partial charge is 0.186 e. The number of rotatable bonds is 2. The molecule has 1 rings (SSSR count). The Balaban J connectivity index is 3.74. The molecule has 0 atom stereocenters. The third kappa shape index (κ3) is 2.96. The highest BCUT2D eigenvalue weighted by Gasteiger charge is 2.32. The lowest BCUT2D eigenvalue weighted by atomic mass is 9.80. The van der Waals surface area contributed by atoms with Gasteiger partial charge in [-0.3, -0.25) is 5.11 Å². The van der Waals surface area contributed by atoms with Gasteiger partial charge in [-0.1, -0.05) is 41.5 Å². The predicted molar refractivity (Wildman–Crippen MR) is 77.1 cm³/mol. The zero-order chi connectivity index (χ0) is 15.0. The minimum atomic E-state index is -0.286. The van der Waals surface area contributed by atoms with E-state index in [-0.39, 0.29) is 16.6 Å². The Bertz CT molecular complexity index is 462. The highest BCUT2D eigenvalue weighted by Crippen LogP contribution is 2.49. The molecule has 1 aromatic carbocycles. The van der Waals surface area contributed by atoms with Gasteiger partial charge in [0.05, 0.1) is 19.8 Å². The number of hydrogen-bond donors (Lipinski definition) is 0. The molecule has 1 radical (unpaired) electrons. The Hall–Kier alpha value is -1.38. The van der Waals surface area contributed by atoms with E-state index in [1.165, 1.54) is 0 Å². The summed E-state index contributed by atoms with van der Waals surface area (Å²) in [5, 5.41) is 12.4. The van der Waals surface area contributed by atoms with Crippen LogP contribution in [0, 0.1) is 0 Å². The molecule has 107 valence electrons. The van der Waals surface area contributed by atoms with Crippen molar-refractivity contribution in [3.63, 3.8) is 0 Å². The van der Waals surface area contributed by atoms with Crippen LogP contribution < -0.4 is 9.47 Å². The molecule has 0 aliphatic carbocycles. The first-order chi connectivity index (χ1) is 8.54. The van der Waals surface area contributed by atoms with Crippen molar-refractivity contribution < 1.29 is 14.6 Å². The largest absolute Gasteiger partial charge is 0.493 e. The molecule has 3 nitrogen and oxygen atoms in total. The number of hydrogen-bond acceptors (Lipinski definition) is 2. The van der Waals surface area contributed by atoms with E-state index in [1.54, 1.807) is 20.3 Å². The molecule has 0 N–H and O–H groups in total. The number of ether oxygens (including phenoxy) is 2. The van der Waals surface area contributed by atoms with Gasteiger partial charge in [0, 0.05) is 5.56 Å². The Morgan fingerprint density at radius 2 is 1.32 bits per heavy atom. The van der Waals surface area contributed by atoms with E-state index >= 15 is 0 Å². The van der Waals surface area contributed by atoms with Gasteiger partial charge >= 0.3 is 0 Å². The van der Waals surface area contributed by atoms with Crippen LogP contribution in [0.3, 0.4) is 0 Å². The number of benzene rings is 1. The summed E-state index contributed by atoms with van der Waals surface area (Å²) in [4.78, 5) is 0. The van der Waals surface area contributed by atoms with Crippen LogP contribution in [0.4, 0.5) is 0 Å². The van der Waals surface area contributed by atoms with Crippen molar-refractivity contribution in [3.05, 3.63) is 17.2 Å². The van der Waals surface area contributed by atoms with E-state index < -0.39 is 0 Å². The first-order valence-electron chi connectivity index (χ1n) is 6.51. The van der Waals surface area contributed by atoms with E-state index in [2.05, 4.69) is 20.8 Å². The van der Waals surface area contributed by atoms with Gasteiger partial charge in [0.2, 0.25) is 0 Å². The van der Waals surface area contributed by atoms with Gasteiger partial charge in [0.15, 0.2) is 17.2 Å². The van der Waals surface area contributed by atoms with Crippen LogP contribution in [-0.4, -0.2) is 14.2 Å². The van der Waals surface area contributed by atoms with Crippen LogP contribution in [-0.2, 0) is 15.9 Å². The predicted octanol–water partition coefficient (Wildman–Crippen LogP) is 4.44. The standard InChI is InChI=1S/C16H25O3/c1-15(2,3)10-9-11(17)12(16(4,5)6)14(19-8)13(10)18-7/h9H,1-8H3. The van der Waals surface area contributed by atoms with Crippen molar-refractivity contribution in [2.45, 2.75) is 52.4 Å². The highest BCUT2D eigenvalue weighted by molar-refractivity contribution is 5.61. The molecule has 0 heterocycles. The Kier molecular flexibility index (Phi) is 4.08. The molecular weight excluding hydrogens is 240 g/mol. The lowest BCUT2D eigenvalue weighted by Crippen LogP contribution is -2.18. The molecule has 19 heavy (non-hydrogen) atoms. The van der Waals surface area contributed by atoms with Gasteiger partial charge in [-0.05, 0) is 16.9 Å². The van der Waals surface area contributed by atoms with Crippen LogP contribution in [0.2, 0.25) is 0 Å². The molecule has 0 spiro atoms. The molecular formula is C16H25O3. The molecule has 0 fully saturated rings. The minimum absolute atomic E-state index is 0.00933. The van der Waals surface area contributed by atoms with Crippen LogP contribution in [0.15, 0.2) is 6.07 Å². The molecule has 3 heteroatoms. The Labute approximate surface area is 116 Å². The van der Waals surface area contributed by atoms with Crippen molar-refractivity contribution >= 4 is 0 Å². The summed E-state index contributed by atoms with van der Waals surface area (Å²) in [5.41, 5.74) is 1.09. The third-order valence-corrected chi connectivity index (χ3v) is 3.17. The van der Waals surface area contributed by atoms with Gasteiger partial charge in [0.1, 0.15) is 0 Å². The van der Waals surface area contributed by atoms with Gasteiger partial charge in [-0.15, -0.1) is 0 Å². The summed E-state index contributed by atoms with van der Waals surface area (Å²) in [5.74, 6) is 1.24. The van der Waals surface area contributed by atoms with Crippen LogP contribution in [0.25, 0.3) is 0 Å². The fourth-order valence-electron chi connectivity index (χ4n) is 2.28. The van der Waals surface area contributed by atoms with E-state index in [1.807, 2.05) is 20.8 Å². The Morgan fingerprint density at radius 3 is 1.63 bits per heavy atom. The average Bonchev–Trinajstić information content (AvgIpc) is 2.24. The maximum atomic E-state index is 12.4. The SMILES string of the molecule is COc1c(C(C)(C)C)cc([O])c(C(C)(C)C)c1OC. The van der Waals surface area contributed by atoms with E-state index in [0.717, 1.165) is 5.56 Å². The Morgan fingerprint density at radius 1 is 0.842 bits per heavy atom. The molecule has 0 aliphatic heterocycles. The maximum absolute atomic E-state index is 12.4. The second-order valence-corrected chi connectivity index (χ2v) is 6.86. The van der Waals surface area contributed by atoms with Crippen LogP contribution in [0.5, 0.6) is 17.2 Å². The number of methoxy groups -OCH3 is 2. The lowest BCUT2D eigenvalue weighted by Gasteiger charge is -2.29. The lowest BCUT2D eigenvalue weighted by molar-refractivity contribution is 0.307. The zero-order valence-electron chi connectivity index (χ0n) is 13.3. The molecule has 0 saturated carbocycles. The summed E-state index contributed by atoms with van der Waals surface area (Å²) in [6.07, 6.45) is 0. The van der Waals surface area contributed by atoms with E-state index in [9.17, 15) is 5.11 Å². The molecule has 0 saturated heterocycles. The topological polar surface area (TPSA) is 38.4 Å². The van der Waals surface area contributed by atoms with Gasteiger partial charge in [-0.25, -0.2) is 0 Å². The monoisotopic (exact) mass is 265 g/mol. The van der Waals surface area contributed by atoms with Crippen molar-refractivity contribution in [3.8, 4) is 17.2 Å². The third-order valence-electron chi connectivity index (χ3n) is 3.17. The van der Waals surface area contributed by atoms with Crippen molar-refractivity contribution in [2.75, 3.05) is 14.2 Å². The molecule has 0 bridgehead atoms.